The van der Waals surface area contributed by atoms with Crippen LogP contribution in [0.4, 0.5) is 0 Å². The van der Waals surface area contributed by atoms with Crippen LogP contribution in [0.5, 0.6) is 0 Å². The van der Waals surface area contributed by atoms with Crippen molar-refractivity contribution in [2.24, 2.45) is 0 Å². The predicted octanol–water partition coefficient (Wildman–Crippen LogP) is 1.93. The van der Waals surface area contributed by atoms with Crippen LogP contribution in [-0.4, -0.2) is 52.8 Å². The van der Waals surface area contributed by atoms with Gasteiger partial charge in [-0.1, -0.05) is 11.6 Å². The zero-order valence-electron chi connectivity index (χ0n) is 11.7. The second-order valence-corrected chi connectivity index (χ2v) is 5.32. The average Bonchev–Trinajstić information content (AvgIpc) is 3.09. The summed E-state index contributed by atoms with van der Waals surface area (Å²) in [6, 6.07) is 6.56. The molecule has 1 aliphatic rings. The SMILES string of the molecule is O=C(c1ccc(Cl)nc1)N1CCN(C(=O)c2ccco2)CC1. The van der Waals surface area contributed by atoms with Gasteiger partial charge < -0.3 is 14.2 Å². The molecule has 0 radical (unpaired) electrons. The molecule has 1 aliphatic heterocycles. The van der Waals surface area contributed by atoms with E-state index < -0.39 is 0 Å². The average molecular weight is 320 g/mol. The van der Waals surface area contributed by atoms with Gasteiger partial charge in [0, 0.05) is 32.4 Å². The summed E-state index contributed by atoms with van der Waals surface area (Å²) in [5, 5.41) is 0.352. The van der Waals surface area contributed by atoms with Crippen molar-refractivity contribution >= 4 is 23.4 Å². The second kappa shape index (κ2) is 6.19. The fraction of sp³-hybridized carbons (Fsp3) is 0.267. The van der Waals surface area contributed by atoms with E-state index in [1.165, 1.54) is 12.5 Å². The zero-order chi connectivity index (χ0) is 15.5. The molecule has 0 aliphatic carbocycles. The van der Waals surface area contributed by atoms with E-state index in [2.05, 4.69) is 4.98 Å². The Bertz CT molecular complexity index is 662. The summed E-state index contributed by atoms with van der Waals surface area (Å²) in [6.07, 6.45) is 2.94. The number of rotatable bonds is 2. The lowest BCUT2D eigenvalue weighted by atomic mass is 10.2. The first kappa shape index (κ1) is 14.6. The first-order valence-corrected chi connectivity index (χ1v) is 7.26. The fourth-order valence-corrected chi connectivity index (χ4v) is 2.47. The molecule has 1 fully saturated rings. The number of hydrogen-bond acceptors (Lipinski definition) is 4. The molecule has 0 bridgehead atoms. The number of nitrogens with zero attached hydrogens (tertiary/aromatic N) is 3. The zero-order valence-corrected chi connectivity index (χ0v) is 12.5. The van der Waals surface area contributed by atoms with Crippen molar-refractivity contribution in [1.29, 1.82) is 0 Å². The number of carbonyl (C=O) groups excluding carboxylic acids is 2. The highest BCUT2D eigenvalue weighted by atomic mass is 35.5. The maximum absolute atomic E-state index is 12.3. The molecular weight excluding hydrogens is 306 g/mol. The Kier molecular flexibility index (Phi) is 4.11. The van der Waals surface area contributed by atoms with E-state index in [0.717, 1.165) is 0 Å². The van der Waals surface area contributed by atoms with Crippen molar-refractivity contribution in [2.75, 3.05) is 26.2 Å². The van der Waals surface area contributed by atoms with Crippen molar-refractivity contribution in [3.05, 3.63) is 53.2 Å². The van der Waals surface area contributed by atoms with E-state index in [1.54, 1.807) is 34.1 Å². The minimum atomic E-state index is -0.148. The van der Waals surface area contributed by atoms with E-state index in [1.807, 2.05) is 0 Å². The number of hydrogen-bond donors (Lipinski definition) is 0. The van der Waals surface area contributed by atoms with E-state index in [0.29, 0.717) is 42.7 Å². The Hall–Kier alpha value is -2.34. The monoisotopic (exact) mass is 319 g/mol. The van der Waals surface area contributed by atoms with Gasteiger partial charge in [-0.15, -0.1) is 0 Å². The van der Waals surface area contributed by atoms with Gasteiger partial charge in [-0.25, -0.2) is 4.98 Å². The minimum absolute atomic E-state index is 0.103. The lowest BCUT2D eigenvalue weighted by molar-refractivity contribution is 0.0518. The summed E-state index contributed by atoms with van der Waals surface area (Å²) >= 11 is 5.72. The van der Waals surface area contributed by atoms with Crippen LogP contribution in [0.2, 0.25) is 5.15 Å². The maximum atomic E-state index is 12.3. The third-order valence-corrected chi connectivity index (χ3v) is 3.78. The van der Waals surface area contributed by atoms with Crippen LogP contribution in [0.15, 0.2) is 41.1 Å². The first-order chi connectivity index (χ1) is 10.6. The van der Waals surface area contributed by atoms with E-state index >= 15 is 0 Å². The Morgan fingerprint density at radius 3 is 2.27 bits per heavy atom. The molecular formula is C15H14ClN3O3. The maximum Gasteiger partial charge on any atom is 0.289 e. The van der Waals surface area contributed by atoms with Crippen LogP contribution in [0.3, 0.4) is 0 Å². The molecule has 0 N–H and O–H groups in total. The van der Waals surface area contributed by atoms with Gasteiger partial charge in [-0.05, 0) is 24.3 Å². The number of aromatic nitrogens is 1. The molecule has 2 aromatic heterocycles. The lowest BCUT2D eigenvalue weighted by Crippen LogP contribution is -2.50. The molecule has 22 heavy (non-hydrogen) atoms. The van der Waals surface area contributed by atoms with Gasteiger partial charge in [-0.2, -0.15) is 0 Å². The summed E-state index contributed by atoms with van der Waals surface area (Å²) in [5.74, 6) is 0.0706. The lowest BCUT2D eigenvalue weighted by Gasteiger charge is -2.34. The van der Waals surface area contributed by atoms with Gasteiger partial charge in [0.05, 0.1) is 11.8 Å². The van der Waals surface area contributed by atoms with Crippen LogP contribution >= 0.6 is 11.6 Å². The fourth-order valence-electron chi connectivity index (χ4n) is 2.35. The molecule has 3 heterocycles. The highest BCUT2D eigenvalue weighted by Gasteiger charge is 2.26. The van der Waals surface area contributed by atoms with E-state index in [4.69, 9.17) is 16.0 Å². The Labute approximate surface area is 132 Å². The number of furan rings is 1. The van der Waals surface area contributed by atoms with Gasteiger partial charge in [0.1, 0.15) is 5.15 Å². The van der Waals surface area contributed by atoms with Crippen LogP contribution < -0.4 is 0 Å². The molecule has 6 nitrogen and oxygen atoms in total. The molecule has 0 atom stereocenters. The van der Waals surface area contributed by atoms with Gasteiger partial charge in [0.15, 0.2) is 5.76 Å². The van der Waals surface area contributed by atoms with Crippen LogP contribution in [0, 0.1) is 0 Å². The Morgan fingerprint density at radius 2 is 1.73 bits per heavy atom. The summed E-state index contributed by atoms with van der Waals surface area (Å²) in [5.41, 5.74) is 0.496. The minimum Gasteiger partial charge on any atom is -0.459 e. The summed E-state index contributed by atoms with van der Waals surface area (Å²) < 4.78 is 5.11. The van der Waals surface area contributed by atoms with Gasteiger partial charge >= 0.3 is 0 Å². The number of halogens is 1. The Balaban J connectivity index is 1.60. The second-order valence-electron chi connectivity index (χ2n) is 4.93. The van der Waals surface area contributed by atoms with Crippen molar-refractivity contribution in [3.63, 3.8) is 0 Å². The smallest absolute Gasteiger partial charge is 0.289 e. The standard InChI is InChI=1S/C15H14ClN3O3/c16-13-4-3-11(10-17-13)14(20)18-5-7-19(8-6-18)15(21)12-2-1-9-22-12/h1-4,9-10H,5-8H2. The number of piperazine rings is 1. The predicted molar refractivity (Wildman–Crippen MR) is 79.8 cm³/mol. The molecule has 2 amide bonds. The highest BCUT2D eigenvalue weighted by Crippen LogP contribution is 2.13. The summed E-state index contributed by atoms with van der Waals surface area (Å²) in [4.78, 5) is 31.8. The largest absolute Gasteiger partial charge is 0.459 e. The molecule has 0 aromatic carbocycles. The van der Waals surface area contributed by atoms with Gasteiger partial charge in [-0.3, -0.25) is 9.59 Å². The summed E-state index contributed by atoms with van der Waals surface area (Å²) in [7, 11) is 0. The molecule has 7 heteroatoms. The molecule has 1 saturated heterocycles. The number of carbonyl (C=O) groups is 2. The topological polar surface area (TPSA) is 66.7 Å². The van der Waals surface area contributed by atoms with Gasteiger partial charge in [0.25, 0.3) is 11.8 Å². The number of amides is 2. The summed E-state index contributed by atoms with van der Waals surface area (Å²) in [6.45, 7) is 1.92. The molecule has 3 rings (SSSR count). The number of pyridine rings is 1. The van der Waals surface area contributed by atoms with E-state index in [-0.39, 0.29) is 11.8 Å². The van der Waals surface area contributed by atoms with Crippen molar-refractivity contribution in [3.8, 4) is 0 Å². The third-order valence-electron chi connectivity index (χ3n) is 3.56. The molecule has 114 valence electrons. The molecule has 0 unspecified atom stereocenters. The quantitative estimate of drug-likeness (QED) is 0.793. The highest BCUT2D eigenvalue weighted by molar-refractivity contribution is 6.29. The normalized spacial score (nSPS) is 15.0. The van der Waals surface area contributed by atoms with Crippen molar-refractivity contribution < 1.29 is 14.0 Å². The third kappa shape index (κ3) is 2.96. The van der Waals surface area contributed by atoms with Gasteiger partial charge in [0.2, 0.25) is 0 Å². The van der Waals surface area contributed by atoms with Crippen LogP contribution in [0.25, 0.3) is 0 Å². The van der Waals surface area contributed by atoms with E-state index in [9.17, 15) is 9.59 Å². The Morgan fingerprint density at radius 1 is 1.05 bits per heavy atom. The molecule has 0 spiro atoms. The van der Waals surface area contributed by atoms with Crippen molar-refractivity contribution in [2.45, 2.75) is 0 Å². The molecule has 2 aromatic rings. The van der Waals surface area contributed by atoms with Crippen molar-refractivity contribution in [1.82, 2.24) is 14.8 Å². The molecule has 0 saturated carbocycles. The first-order valence-electron chi connectivity index (χ1n) is 6.89. The van der Waals surface area contributed by atoms with Crippen LogP contribution in [0.1, 0.15) is 20.9 Å². The van der Waals surface area contributed by atoms with Crippen LogP contribution in [-0.2, 0) is 0 Å².